The smallest absolute Gasteiger partial charge is 0.156 e. The van der Waals surface area contributed by atoms with Crippen molar-refractivity contribution in [3.8, 4) is 0 Å². The number of hydrogen-bond acceptors (Lipinski definition) is 3. The summed E-state index contributed by atoms with van der Waals surface area (Å²) >= 11 is 1.84. The van der Waals surface area contributed by atoms with Crippen molar-refractivity contribution in [2.24, 2.45) is 4.99 Å². The molecule has 0 aliphatic carbocycles. The average Bonchev–Trinajstić information content (AvgIpc) is 2.95. The van der Waals surface area contributed by atoms with Gasteiger partial charge < -0.3 is 5.32 Å². The fourth-order valence-electron chi connectivity index (χ4n) is 1.59. The summed E-state index contributed by atoms with van der Waals surface area (Å²) < 4.78 is 1.95. The molecule has 1 saturated heterocycles. The monoisotopic (exact) mass is 238 g/mol. The van der Waals surface area contributed by atoms with Gasteiger partial charge in [0, 0.05) is 37.3 Å². The zero-order valence-electron chi connectivity index (χ0n) is 9.59. The Hall–Kier alpha value is -0.970. The molecule has 1 aromatic heterocycles. The first-order valence-electron chi connectivity index (χ1n) is 5.79. The van der Waals surface area contributed by atoms with Gasteiger partial charge in [-0.3, -0.25) is 9.67 Å². The van der Waals surface area contributed by atoms with Crippen LogP contribution in [-0.2, 0) is 6.54 Å². The lowest BCUT2D eigenvalue weighted by Gasteiger charge is -2.04. The second kappa shape index (κ2) is 5.94. The highest BCUT2D eigenvalue weighted by Gasteiger charge is 2.17. The molecule has 4 nitrogen and oxygen atoms in total. The molecule has 1 aromatic rings. The van der Waals surface area contributed by atoms with E-state index < -0.39 is 0 Å². The fourth-order valence-corrected chi connectivity index (χ4v) is 2.71. The number of nitrogens with one attached hydrogen (secondary N) is 1. The van der Waals surface area contributed by atoms with Crippen LogP contribution in [-0.4, -0.2) is 33.3 Å². The normalized spacial score (nSPS) is 22.6. The quantitative estimate of drug-likeness (QED) is 0.795. The average molecular weight is 238 g/mol. The van der Waals surface area contributed by atoms with Crippen molar-refractivity contribution in [2.45, 2.75) is 32.4 Å². The zero-order chi connectivity index (χ0) is 11.2. The summed E-state index contributed by atoms with van der Waals surface area (Å²) in [6.45, 7) is 4.04. The van der Waals surface area contributed by atoms with Crippen LogP contribution in [0, 0.1) is 0 Å². The third-order valence-corrected chi connectivity index (χ3v) is 3.69. The number of rotatable bonds is 5. The van der Waals surface area contributed by atoms with Crippen molar-refractivity contribution < 1.29 is 0 Å². The van der Waals surface area contributed by atoms with Crippen LogP contribution >= 0.6 is 11.8 Å². The molecular formula is C11H18N4S. The molecule has 0 spiro atoms. The molecule has 1 unspecified atom stereocenters. The van der Waals surface area contributed by atoms with Gasteiger partial charge in [-0.25, -0.2) is 0 Å². The summed E-state index contributed by atoms with van der Waals surface area (Å²) in [6.07, 6.45) is 6.03. The molecule has 1 aliphatic heterocycles. The number of thioether (sulfide) groups is 1. The molecule has 1 N–H and O–H groups in total. The lowest BCUT2D eigenvalue weighted by Crippen LogP contribution is -2.25. The van der Waals surface area contributed by atoms with Gasteiger partial charge in [0.2, 0.25) is 0 Å². The Labute approximate surface area is 101 Å². The van der Waals surface area contributed by atoms with E-state index in [-0.39, 0.29) is 0 Å². The summed E-state index contributed by atoms with van der Waals surface area (Å²) in [5, 5.41) is 8.70. The summed E-state index contributed by atoms with van der Waals surface area (Å²) in [4.78, 5) is 4.55. The van der Waals surface area contributed by atoms with Crippen molar-refractivity contribution >= 4 is 16.9 Å². The van der Waals surface area contributed by atoms with Crippen molar-refractivity contribution in [3.05, 3.63) is 18.5 Å². The van der Waals surface area contributed by atoms with Gasteiger partial charge in [0.1, 0.15) is 0 Å². The maximum absolute atomic E-state index is 4.55. The third-order valence-electron chi connectivity index (χ3n) is 2.60. The van der Waals surface area contributed by atoms with Crippen LogP contribution in [0.1, 0.15) is 19.8 Å². The summed E-state index contributed by atoms with van der Waals surface area (Å²) in [6, 6.07) is 2.57. The van der Waals surface area contributed by atoms with Crippen molar-refractivity contribution in [2.75, 3.05) is 12.3 Å². The van der Waals surface area contributed by atoms with Crippen LogP contribution < -0.4 is 5.32 Å². The van der Waals surface area contributed by atoms with Gasteiger partial charge >= 0.3 is 0 Å². The molecule has 0 aromatic carbocycles. The zero-order valence-corrected chi connectivity index (χ0v) is 10.4. The Morgan fingerprint density at radius 2 is 2.62 bits per heavy atom. The third kappa shape index (κ3) is 3.27. The molecule has 0 amide bonds. The van der Waals surface area contributed by atoms with E-state index in [1.807, 2.05) is 34.9 Å². The minimum Gasteiger partial charge on any atom is -0.361 e. The Morgan fingerprint density at radius 3 is 3.31 bits per heavy atom. The first-order chi connectivity index (χ1) is 7.88. The molecule has 2 rings (SSSR count). The molecule has 1 fully saturated rings. The van der Waals surface area contributed by atoms with Gasteiger partial charge in [0.05, 0.1) is 0 Å². The van der Waals surface area contributed by atoms with E-state index in [1.165, 1.54) is 6.42 Å². The summed E-state index contributed by atoms with van der Waals surface area (Å²) in [5.74, 6) is 1.16. The van der Waals surface area contributed by atoms with Gasteiger partial charge in [0.25, 0.3) is 0 Å². The predicted octanol–water partition coefficient (Wildman–Crippen LogP) is 1.74. The summed E-state index contributed by atoms with van der Waals surface area (Å²) in [5.41, 5.74) is 0. The van der Waals surface area contributed by atoms with Crippen molar-refractivity contribution in [1.29, 1.82) is 0 Å². The van der Waals surface area contributed by atoms with Gasteiger partial charge in [-0.1, -0.05) is 18.7 Å². The number of aryl methyl sites for hydroxylation is 1. The second-order valence-corrected chi connectivity index (χ2v) is 4.88. The number of aromatic nitrogens is 2. The standard InChI is InChI=1S/C11H18N4S/c1-2-10-9-16-11(14-10)12-5-3-7-15-8-4-6-13-15/h4,6,8,10H,2-3,5,7,9H2,1H3,(H,12,14). The van der Waals surface area contributed by atoms with Crippen molar-refractivity contribution in [1.82, 2.24) is 15.1 Å². The summed E-state index contributed by atoms with van der Waals surface area (Å²) in [7, 11) is 0. The second-order valence-electron chi connectivity index (χ2n) is 3.87. The predicted molar refractivity (Wildman–Crippen MR) is 68.8 cm³/mol. The molecule has 5 heteroatoms. The lowest BCUT2D eigenvalue weighted by molar-refractivity contribution is 0.584. The Balaban J connectivity index is 1.66. The number of nitrogens with zero attached hydrogens (tertiary/aromatic N) is 3. The Kier molecular flexibility index (Phi) is 4.27. The first kappa shape index (κ1) is 11.5. The highest BCUT2D eigenvalue weighted by molar-refractivity contribution is 8.14. The Bertz CT molecular complexity index is 334. The van der Waals surface area contributed by atoms with E-state index in [0.717, 1.165) is 30.4 Å². The fraction of sp³-hybridized carbons (Fsp3) is 0.636. The van der Waals surface area contributed by atoms with Crippen LogP contribution in [0.3, 0.4) is 0 Å². The van der Waals surface area contributed by atoms with Crippen LogP contribution in [0.25, 0.3) is 0 Å². The maximum Gasteiger partial charge on any atom is 0.156 e. The molecule has 0 saturated carbocycles. The Morgan fingerprint density at radius 1 is 1.69 bits per heavy atom. The van der Waals surface area contributed by atoms with E-state index in [4.69, 9.17) is 0 Å². The number of amidine groups is 1. The number of aliphatic imine (C=N–C) groups is 1. The largest absolute Gasteiger partial charge is 0.361 e. The van der Waals surface area contributed by atoms with E-state index in [1.54, 1.807) is 0 Å². The van der Waals surface area contributed by atoms with Gasteiger partial charge in [0.15, 0.2) is 5.17 Å². The maximum atomic E-state index is 4.55. The van der Waals surface area contributed by atoms with Crippen molar-refractivity contribution in [3.63, 3.8) is 0 Å². The molecule has 1 atom stereocenters. The van der Waals surface area contributed by atoms with Gasteiger partial charge in [-0.2, -0.15) is 5.10 Å². The molecule has 1 aliphatic rings. The molecule has 0 radical (unpaired) electrons. The first-order valence-corrected chi connectivity index (χ1v) is 6.78. The number of hydrogen-bond donors (Lipinski definition) is 1. The molecule has 0 bridgehead atoms. The van der Waals surface area contributed by atoms with Crippen LogP contribution in [0.4, 0.5) is 0 Å². The molecule has 2 heterocycles. The van der Waals surface area contributed by atoms with Crippen LogP contribution in [0.5, 0.6) is 0 Å². The van der Waals surface area contributed by atoms with E-state index in [0.29, 0.717) is 6.04 Å². The molecule has 16 heavy (non-hydrogen) atoms. The van der Waals surface area contributed by atoms with Crippen LogP contribution in [0.2, 0.25) is 0 Å². The SMILES string of the molecule is CCC1CSC(=NCCCn2cccn2)N1. The van der Waals surface area contributed by atoms with Gasteiger partial charge in [-0.05, 0) is 18.9 Å². The topological polar surface area (TPSA) is 42.2 Å². The van der Waals surface area contributed by atoms with E-state index in [9.17, 15) is 0 Å². The van der Waals surface area contributed by atoms with E-state index >= 15 is 0 Å². The van der Waals surface area contributed by atoms with E-state index in [2.05, 4.69) is 22.3 Å². The minimum absolute atomic E-state index is 0.620. The lowest BCUT2D eigenvalue weighted by atomic mass is 10.3. The highest BCUT2D eigenvalue weighted by atomic mass is 32.2. The molecule has 88 valence electrons. The van der Waals surface area contributed by atoms with Gasteiger partial charge in [-0.15, -0.1) is 0 Å². The minimum atomic E-state index is 0.620. The van der Waals surface area contributed by atoms with Crippen LogP contribution in [0.15, 0.2) is 23.5 Å². The highest BCUT2D eigenvalue weighted by Crippen LogP contribution is 2.15. The molecular weight excluding hydrogens is 220 g/mol.